The van der Waals surface area contributed by atoms with Crippen LogP contribution in [0.25, 0.3) is 0 Å². The van der Waals surface area contributed by atoms with Gasteiger partial charge in [-0.3, -0.25) is 9.59 Å². The largest absolute Gasteiger partial charge is 0.497 e. The number of ether oxygens (including phenoxy) is 1. The minimum absolute atomic E-state index is 0.00112. The Morgan fingerprint density at radius 1 is 1.15 bits per heavy atom. The van der Waals surface area contributed by atoms with Gasteiger partial charge in [-0.2, -0.15) is 0 Å². The fourth-order valence-electron chi connectivity index (χ4n) is 3.76. The molecule has 0 aliphatic carbocycles. The summed E-state index contributed by atoms with van der Waals surface area (Å²) in [5, 5.41) is 2.76. The molecule has 0 unspecified atom stereocenters. The highest BCUT2D eigenvalue weighted by Gasteiger charge is 2.33. The number of hydrogen-bond donors (Lipinski definition) is 1. The van der Waals surface area contributed by atoms with E-state index in [-0.39, 0.29) is 23.9 Å². The summed E-state index contributed by atoms with van der Waals surface area (Å²) >= 11 is 0. The van der Waals surface area contributed by atoms with E-state index in [2.05, 4.69) is 31.3 Å². The van der Waals surface area contributed by atoms with Crippen LogP contribution in [0.2, 0.25) is 0 Å². The number of methoxy groups -OCH3 is 1. The van der Waals surface area contributed by atoms with Gasteiger partial charge < -0.3 is 15.0 Å². The third-order valence-corrected chi connectivity index (χ3v) is 5.18. The van der Waals surface area contributed by atoms with Gasteiger partial charge >= 0.3 is 0 Å². The third kappa shape index (κ3) is 3.97. The molecule has 2 aromatic carbocycles. The zero-order valence-corrected chi connectivity index (χ0v) is 16.3. The molecule has 1 heterocycles. The lowest BCUT2D eigenvalue weighted by molar-refractivity contribution is -0.119. The number of hydrogen-bond acceptors (Lipinski definition) is 3. The summed E-state index contributed by atoms with van der Waals surface area (Å²) < 4.78 is 5.33. The maximum absolute atomic E-state index is 13.2. The standard InChI is InChI=1S/C22H26N2O3/c1-14-11-19-12-20(27-4)9-10-21(19)15(2)24(14)22(26)18-7-5-17(6-8-18)13-23-16(3)25/h5-10,12,14-15H,11,13H2,1-4H3,(H,23,25)/t14-,15+/m0/s1. The second kappa shape index (κ2) is 7.82. The molecule has 2 amide bonds. The highest BCUT2D eigenvalue weighted by Crippen LogP contribution is 2.35. The Kier molecular flexibility index (Phi) is 5.49. The first-order valence-electron chi connectivity index (χ1n) is 9.23. The molecule has 0 aromatic heterocycles. The van der Waals surface area contributed by atoms with Gasteiger partial charge in [0.05, 0.1) is 13.2 Å². The first-order valence-corrected chi connectivity index (χ1v) is 9.23. The van der Waals surface area contributed by atoms with Crippen molar-refractivity contribution in [3.05, 3.63) is 64.7 Å². The summed E-state index contributed by atoms with van der Waals surface area (Å²) in [6, 6.07) is 13.6. The molecular weight excluding hydrogens is 340 g/mol. The maximum atomic E-state index is 13.2. The number of nitrogens with one attached hydrogen (secondary N) is 1. The van der Waals surface area contributed by atoms with Crippen molar-refractivity contribution in [1.29, 1.82) is 0 Å². The Balaban J connectivity index is 1.80. The molecule has 5 heteroatoms. The number of carbonyl (C=O) groups is 2. The maximum Gasteiger partial charge on any atom is 0.254 e. The van der Waals surface area contributed by atoms with Crippen molar-refractivity contribution in [2.75, 3.05) is 7.11 Å². The summed E-state index contributed by atoms with van der Waals surface area (Å²) in [5.41, 5.74) is 4.05. The van der Waals surface area contributed by atoms with Crippen LogP contribution in [0.15, 0.2) is 42.5 Å². The fraction of sp³-hybridized carbons (Fsp3) is 0.364. The minimum Gasteiger partial charge on any atom is -0.497 e. The monoisotopic (exact) mass is 366 g/mol. The second-order valence-electron chi connectivity index (χ2n) is 7.11. The van der Waals surface area contributed by atoms with E-state index in [4.69, 9.17) is 4.74 Å². The van der Waals surface area contributed by atoms with Crippen LogP contribution in [0.3, 0.4) is 0 Å². The molecule has 1 aliphatic rings. The Morgan fingerprint density at radius 3 is 2.48 bits per heavy atom. The molecule has 0 saturated heterocycles. The van der Waals surface area contributed by atoms with Gasteiger partial charge in [0.25, 0.3) is 5.91 Å². The van der Waals surface area contributed by atoms with Gasteiger partial charge in [-0.1, -0.05) is 18.2 Å². The molecule has 0 spiro atoms. The van der Waals surface area contributed by atoms with Crippen LogP contribution in [0.1, 0.15) is 53.9 Å². The molecule has 0 radical (unpaired) electrons. The molecule has 0 bridgehead atoms. The molecular formula is C22H26N2O3. The average molecular weight is 366 g/mol. The number of nitrogens with zero attached hydrogens (tertiary/aromatic N) is 1. The van der Waals surface area contributed by atoms with Crippen molar-refractivity contribution in [1.82, 2.24) is 10.2 Å². The fourth-order valence-corrected chi connectivity index (χ4v) is 3.76. The van der Waals surface area contributed by atoms with Crippen LogP contribution < -0.4 is 10.1 Å². The molecule has 2 aromatic rings. The van der Waals surface area contributed by atoms with E-state index in [1.807, 2.05) is 35.2 Å². The molecule has 1 N–H and O–H groups in total. The van der Waals surface area contributed by atoms with Gasteiger partial charge in [0.15, 0.2) is 0 Å². The molecule has 2 atom stereocenters. The topological polar surface area (TPSA) is 58.6 Å². The predicted molar refractivity (Wildman–Crippen MR) is 105 cm³/mol. The van der Waals surface area contributed by atoms with E-state index in [1.165, 1.54) is 18.1 Å². The van der Waals surface area contributed by atoms with Gasteiger partial charge in [0.1, 0.15) is 5.75 Å². The Hall–Kier alpha value is -2.82. The van der Waals surface area contributed by atoms with E-state index in [9.17, 15) is 9.59 Å². The number of benzene rings is 2. The van der Waals surface area contributed by atoms with Gasteiger partial charge in [-0.15, -0.1) is 0 Å². The minimum atomic E-state index is -0.0681. The Morgan fingerprint density at radius 2 is 1.85 bits per heavy atom. The van der Waals surface area contributed by atoms with Crippen molar-refractivity contribution in [2.45, 2.75) is 45.8 Å². The van der Waals surface area contributed by atoms with Crippen LogP contribution in [-0.2, 0) is 17.8 Å². The summed E-state index contributed by atoms with van der Waals surface area (Å²) in [4.78, 5) is 26.2. The van der Waals surface area contributed by atoms with Gasteiger partial charge in [0, 0.05) is 25.1 Å². The Labute approximate surface area is 160 Å². The second-order valence-corrected chi connectivity index (χ2v) is 7.11. The van der Waals surface area contributed by atoms with Crippen molar-refractivity contribution in [3.63, 3.8) is 0 Å². The molecule has 3 rings (SSSR count). The summed E-state index contributed by atoms with van der Waals surface area (Å²) in [6.45, 7) is 6.12. The molecule has 0 saturated carbocycles. The van der Waals surface area contributed by atoms with Gasteiger partial charge in [-0.25, -0.2) is 0 Å². The van der Waals surface area contributed by atoms with Crippen molar-refractivity contribution < 1.29 is 14.3 Å². The highest BCUT2D eigenvalue weighted by molar-refractivity contribution is 5.95. The molecule has 142 valence electrons. The first kappa shape index (κ1) is 19.0. The smallest absolute Gasteiger partial charge is 0.254 e. The Bertz CT molecular complexity index is 845. The number of amides is 2. The average Bonchev–Trinajstić information content (AvgIpc) is 2.66. The molecule has 0 fully saturated rings. The van der Waals surface area contributed by atoms with Crippen LogP contribution in [-0.4, -0.2) is 29.9 Å². The van der Waals surface area contributed by atoms with Crippen LogP contribution >= 0.6 is 0 Å². The van der Waals surface area contributed by atoms with E-state index >= 15 is 0 Å². The van der Waals surface area contributed by atoms with Gasteiger partial charge in [0.2, 0.25) is 5.91 Å². The SMILES string of the molecule is COc1ccc2c(c1)C[C@H](C)N(C(=O)c1ccc(CNC(C)=O)cc1)[C@@H]2C. The van der Waals surface area contributed by atoms with Crippen molar-refractivity contribution in [3.8, 4) is 5.75 Å². The number of fused-ring (bicyclic) bond motifs is 1. The predicted octanol–water partition coefficient (Wildman–Crippen LogP) is 3.48. The lowest BCUT2D eigenvalue weighted by atomic mass is 9.88. The van der Waals surface area contributed by atoms with E-state index in [0.29, 0.717) is 12.1 Å². The summed E-state index contributed by atoms with van der Waals surface area (Å²) in [7, 11) is 1.67. The highest BCUT2D eigenvalue weighted by atomic mass is 16.5. The first-order chi connectivity index (χ1) is 12.9. The molecule has 1 aliphatic heterocycles. The zero-order chi connectivity index (χ0) is 19.6. The lowest BCUT2D eigenvalue weighted by Gasteiger charge is -2.40. The summed E-state index contributed by atoms with van der Waals surface area (Å²) in [6.07, 6.45) is 0.809. The number of carbonyl (C=O) groups excluding carboxylic acids is 2. The summed E-state index contributed by atoms with van der Waals surface area (Å²) in [5.74, 6) is 0.812. The van der Waals surface area contributed by atoms with E-state index in [0.717, 1.165) is 17.7 Å². The van der Waals surface area contributed by atoms with E-state index in [1.54, 1.807) is 7.11 Å². The van der Waals surface area contributed by atoms with E-state index < -0.39 is 0 Å². The normalized spacial score (nSPS) is 18.6. The quantitative estimate of drug-likeness (QED) is 0.901. The van der Waals surface area contributed by atoms with Crippen molar-refractivity contribution in [2.24, 2.45) is 0 Å². The van der Waals surface area contributed by atoms with Crippen molar-refractivity contribution >= 4 is 11.8 Å². The molecule has 27 heavy (non-hydrogen) atoms. The van der Waals surface area contributed by atoms with Gasteiger partial charge in [-0.05, 0) is 61.2 Å². The lowest BCUT2D eigenvalue weighted by Crippen LogP contribution is -2.45. The van der Waals surface area contributed by atoms with Crippen LogP contribution in [0.5, 0.6) is 5.75 Å². The molecule has 5 nitrogen and oxygen atoms in total. The number of rotatable bonds is 4. The zero-order valence-electron chi connectivity index (χ0n) is 16.3. The third-order valence-electron chi connectivity index (χ3n) is 5.18. The van der Waals surface area contributed by atoms with Crippen LogP contribution in [0.4, 0.5) is 0 Å². The van der Waals surface area contributed by atoms with Crippen LogP contribution in [0, 0.1) is 0 Å².